The van der Waals surface area contributed by atoms with Gasteiger partial charge in [-0.05, 0) is 177 Å². The lowest BCUT2D eigenvalue weighted by Gasteiger charge is -2.16. The Hall–Kier alpha value is -8.54. The molecule has 5 aliphatic heterocycles. The smallest absolute Gasteiger partial charge is 0.201 e. The fourth-order valence-corrected chi connectivity index (χ4v) is 15.6. The third kappa shape index (κ3) is 17.7. The van der Waals surface area contributed by atoms with E-state index in [0.29, 0.717) is 10.7 Å². The van der Waals surface area contributed by atoms with Crippen molar-refractivity contribution in [2.75, 3.05) is 104 Å². The first-order valence-corrected chi connectivity index (χ1v) is 34.3. The molecule has 0 saturated heterocycles. The molecule has 15 nitrogen and oxygen atoms in total. The van der Waals surface area contributed by atoms with Gasteiger partial charge in [-0.2, -0.15) is 0 Å². The highest BCUT2D eigenvalue weighted by atomic mass is 35.5. The van der Waals surface area contributed by atoms with Gasteiger partial charge in [0.2, 0.25) is 10.7 Å². The van der Waals surface area contributed by atoms with Crippen LogP contribution in [-0.2, 0) is 0 Å². The number of rotatable bonds is 3. The number of nitrogens with zero attached hydrogens (tertiary/aromatic N) is 11. The molecule has 5 heterocycles. The number of aryl methyl sites for hydroxylation is 3. The number of anilines is 5. The zero-order valence-electron chi connectivity index (χ0n) is 56.8. The summed E-state index contributed by atoms with van der Waals surface area (Å²) in [6.45, 7) is 6.30. The molecule has 98 heavy (non-hydrogen) atoms. The van der Waals surface area contributed by atoms with E-state index in [0.717, 1.165) is 102 Å². The molecular formula is C74H79Cl4N15S5+2. The van der Waals surface area contributed by atoms with Gasteiger partial charge in [0.05, 0.1) is 120 Å². The highest BCUT2D eigenvalue weighted by molar-refractivity contribution is 7.23. The van der Waals surface area contributed by atoms with Crippen LogP contribution in [0, 0.1) is 31.6 Å². The second-order valence-electron chi connectivity index (χ2n) is 23.9. The largest absolute Gasteiger partial charge is 0.399 e. The van der Waals surface area contributed by atoms with Crippen LogP contribution in [0.5, 0.6) is 0 Å². The Labute approximate surface area is 615 Å². The molecule has 0 atom stereocenters. The lowest BCUT2D eigenvalue weighted by Crippen LogP contribution is -2.22. The predicted molar refractivity (Wildman–Crippen MR) is 434 cm³/mol. The predicted octanol–water partition coefficient (Wildman–Crippen LogP) is 15.5. The van der Waals surface area contributed by atoms with E-state index in [1.165, 1.54) is 62.9 Å². The van der Waals surface area contributed by atoms with Crippen LogP contribution in [0.15, 0.2) is 169 Å². The van der Waals surface area contributed by atoms with E-state index in [1.807, 2.05) is 128 Å². The number of nitrogens with one attached hydrogen (secondary N) is 2. The minimum Gasteiger partial charge on any atom is -0.399 e. The van der Waals surface area contributed by atoms with Gasteiger partial charge >= 0.3 is 0 Å². The van der Waals surface area contributed by atoms with E-state index >= 15 is 0 Å². The summed E-state index contributed by atoms with van der Waals surface area (Å²) in [6.07, 6.45) is 0. The Bertz CT molecular complexity index is 5540. The summed E-state index contributed by atoms with van der Waals surface area (Å²) in [5.41, 5.74) is 30.6. The van der Waals surface area contributed by atoms with E-state index in [4.69, 9.17) is 37.2 Å². The summed E-state index contributed by atoms with van der Waals surface area (Å²) in [7, 11) is 22.4. The number of nitrogen functional groups attached to an aromatic ring is 2. The van der Waals surface area contributed by atoms with Crippen molar-refractivity contribution < 1.29 is 0 Å². The first-order chi connectivity index (χ1) is 44.9. The molecule has 5 aromatic carbocycles. The number of hydrogen-bond donors (Lipinski definition) is 4. The summed E-state index contributed by atoms with van der Waals surface area (Å²) in [4.78, 5) is 39.8. The minimum absolute atomic E-state index is 0. The van der Waals surface area contributed by atoms with Crippen LogP contribution in [-0.4, -0.2) is 102 Å². The van der Waals surface area contributed by atoms with Gasteiger partial charge in [0.25, 0.3) is 0 Å². The molecule has 0 bridgehead atoms. The van der Waals surface area contributed by atoms with Gasteiger partial charge in [-0.25, -0.2) is 34.1 Å². The Morgan fingerprint density at radius 3 is 1.32 bits per heavy atom. The van der Waals surface area contributed by atoms with E-state index in [1.54, 1.807) is 57.5 Å². The lowest BCUT2D eigenvalue weighted by atomic mass is 10.1. The van der Waals surface area contributed by atoms with Crippen molar-refractivity contribution in [3.05, 3.63) is 207 Å². The van der Waals surface area contributed by atoms with Gasteiger partial charge in [-0.1, -0.05) is 0 Å². The zero-order valence-corrected chi connectivity index (χ0v) is 64.2. The molecular weight excluding hydrogens is 1400 g/mol. The molecule has 10 aliphatic rings. The summed E-state index contributed by atoms with van der Waals surface area (Å²) in [5, 5.41) is 19.7. The number of benzene rings is 10. The summed E-state index contributed by atoms with van der Waals surface area (Å²) < 4.78 is 10.0. The third-order valence-electron chi connectivity index (χ3n) is 15.7. The Morgan fingerprint density at radius 2 is 0.806 bits per heavy atom. The normalized spacial score (nSPS) is 10.9. The van der Waals surface area contributed by atoms with Crippen LogP contribution in [0.3, 0.4) is 0 Å². The van der Waals surface area contributed by atoms with Crippen molar-refractivity contribution >= 4 is 186 Å². The quantitative estimate of drug-likeness (QED) is 0.0752. The van der Waals surface area contributed by atoms with E-state index in [9.17, 15) is 0 Å². The molecule has 15 rings (SSSR count). The SMILES string of the molecule is CN(C)c1ccc2nc3ccc(=N)cc-3sc2c1.CN=c1ccc2nc3ccc(N(C)C)cc3sc-2c1.Cc1cc(=[N+](C)C)cc2sc3cc(N(C)C)cc(C)c3nc1-2.Cc1cc2nc3ccc(=[N+](C)C)cc-3sc2cc1N.Cl.Cl.Cl.Cl.N=c1ccc2nc3ccc(N)cc3sc-2c1. The van der Waals surface area contributed by atoms with Gasteiger partial charge in [0, 0.05) is 102 Å². The standard InChI is InChI=1S/C18H22N3S.2C15H15N3S.C14H13N3S.C12H9N3S.4ClH/c1-11-7-13(20(3)4)9-15-17(11)19-18-12(2)8-14(21(5)6)10-16(18)22-15;1-16-10-4-6-12-14(8-10)19-15-9-11(18(2)3)5-7-13(15)17-12;1-9-6-13-15(8-11(9)16)19-14-7-10(18(2)3)4-5-12(14)17-13;1-17(2)10-4-6-12-14(8-10)18-13-7-9(15)3-5-11(13)16-12;13-7-1-3-9-11(5-7)16-12-6-8(14)2-4-10(12)15-9;;;;/h7-10H,1-6H3;4-9H,1-3H3;4-8,16H,1-3H3;3-8,15H,1-2H3;1-6,13H,14H2;4*1H/q+1;;;;;;;;/p+1. The van der Waals surface area contributed by atoms with Crippen molar-refractivity contribution in [3.8, 4) is 52.9 Å². The van der Waals surface area contributed by atoms with E-state index in [-0.39, 0.29) is 49.6 Å². The molecule has 0 aromatic heterocycles. The van der Waals surface area contributed by atoms with Crippen molar-refractivity contribution in [1.29, 1.82) is 10.8 Å². The zero-order chi connectivity index (χ0) is 66.8. The van der Waals surface area contributed by atoms with Crippen LogP contribution < -0.4 is 62.1 Å². The number of fused-ring (bicyclic) bond motifs is 10. The van der Waals surface area contributed by atoms with Gasteiger partial charge in [-0.3, -0.25) is 4.99 Å². The van der Waals surface area contributed by atoms with Crippen molar-refractivity contribution in [2.24, 2.45) is 4.99 Å². The maximum Gasteiger partial charge on any atom is 0.201 e. The Morgan fingerprint density at radius 1 is 0.378 bits per heavy atom. The van der Waals surface area contributed by atoms with Gasteiger partial charge in [0.15, 0.2) is 0 Å². The van der Waals surface area contributed by atoms with Gasteiger partial charge in [-0.15, -0.1) is 106 Å². The van der Waals surface area contributed by atoms with E-state index in [2.05, 4.69) is 172 Å². The second-order valence-corrected chi connectivity index (χ2v) is 29.3. The summed E-state index contributed by atoms with van der Waals surface area (Å²) in [6, 6.07) is 54.8. The van der Waals surface area contributed by atoms with Crippen LogP contribution in [0.2, 0.25) is 0 Å². The minimum atomic E-state index is 0. The summed E-state index contributed by atoms with van der Waals surface area (Å²) >= 11 is 8.63. The Balaban J connectivity index is 0.000000171. The molecule has 0 spiro atoms. The van der Waals surface area contributed by atoms with Crippen LogP contribution in [0.25, 0.3) is 104 Å². The van der Waals surface area contributed by atoms with Crippen LogP contribution in [0.1, 0.15) is 16.7 Å². The number of halogens is 4. The molecule has 0 saturated carbocycles. The molecule has 506 valence electrons. The van der Waals surface area contributed by atoms with Crippen molar-refractivity contribution in [2.45, 2.75) is 20.8 Å². The van der Waals surface area contributed by atoms with Crippen LogP contribution in [0.4, 0.5) is 28.4 Å². The van der Waals surface area contributed by atoms with E-state index < -0.39 is 0 Å². The monoisotopic (exact) mass is 1480 g/mol. The first kappa shape index (κ1) is 76.8. The molecule has 0 radical (unpaired) electrons. The molecule has 0 unspecified atom stereocenters. The summed E-state index contributed by atoms with van der Waals surface area (Å²) in [5.74, 6) is 0. The molecule has 24 heteroatoms. The highest BCUT2D eigenvalue weighted by Gasteiger charge is 2.17. The average molecular weight is 1480 g/mol. The molecule has 5 aliphatic carbocycles. The second kappa shape index (κ2) is 32.9. The van der Waals surface area contributed by atoms with Gasteiger partial charge < -0.3 is 37.0 Å². The fraction of sp³-hybridized carbons (Fsp3) is 0.189. The Kier molecular flexibility index (Phi) is 25.8. The lowest BCUT2D eigenvalue weighted by molar-refractivity contribution is 0.812. The fourth-order valence-electron chi connectivity index (χ4n) is 10.3. The van der Waals surface area contributed by atoms with Crippen molar-refractivity contribution in [3.63, 3.8) is 0 Å². The topological polar surface area (TPSA) is 192 Å². The molecule has 5 aromatic rings. The van der Waals surface area contributed by atoms with Crippen molar-refractivity contribution in [1.82, 2.24) is 34.1 Å². The molecule has 6 N–H and O–H groups in total. The number of hydrogen-bond acceptors (Lipinski definition) is 18. The number of aromatic nitrogens is 5. The maximum atomic E-state index is 7.67. The van der Waals surface area contributed by atoms with Crippen LogP contribution >= 0.6 is 106 Å². The maximum absolute atomic E-state index is 7.67. The number of nitrogens with two attached hydrogens (primary N) is 2. The molecule has 0 fully saturated rings. The van der Waals surface area contributed by atoms with Gasteiger partial charge in [0.1, 0.15) is 28.2 Å². The molecule has 0 amide bonds. The first-order valence-electron chi connectivity index (χ1n) is 30.2. The third-order valence-corrected chi connectivity index (χ3v) is 21.1. The average Bonchev–Trinajstić information content (AvgIpc) is 0.792. The highest BCUT2D eigenvalue weighted by Crippen LogP contribution is 2.37.